The second-order valence-corrected chi connectivity index (χ2v) is 6.20. The molecule has 104 valence electrons. The van der Waals surface area contributed by atoms with Crippen molar-refractivity contribution in [2.75, 3.05) is 13.6 Å². The molecule has 0 spiro atoms. The Balaban J connectivity index is 1.95. The first-order chi connectivity index (χ1) is 8.67. The van der Waals surface area contributed by atoms with E-state index in [1.807, 2.05) is 7.05 Å². The summed E-state index contributed by atoms with van der Waals surface area (Å²) in [6.45, 7) is 3.17. The van der Waals surface area contributed by atoms with Gasteiger partial charge in [-0.05, 0) is 46.1 Å². The number of piperidine rings is 1. The molecule has 1 atom stereocenters. The van der Waals surface area contributed by atoms with Crippen LogP contribution in [0.1, 0.15) is 64.7 Å². The van der Waals surface area contributed by atoms with Gasteiger partial charge >= 0.3 is 0 Å². The average molecular weight is 252 g/mol. The summed E-state index contributed by atoms with van der Waals surface area (Å²) in [5.74, 6) is 0.374. The molecule has 1 aliphatic heterocycles. The molecule has 1 heterocycles. The number of nitrogens with zero attached hydrogens (tertiary/aromatic N) is 1. The zero-order valence-corrected chi connectivity index (χ0v) is 12.0. The Hall–Kier alpha value is -0.570. The lowest BCUT2D eigenvalue weighted by molar-refractivity contribution is -0.136. The van der Waals surface area contributed by atoms with Crippen LogP contribution in [-0.2, 0) is 4.79 Å². The zero-order chi connectivity index (χ0) is 13.0. The van der Waals surface area contributed by atoms with Crippen LogP contribution in [0.2, 0.25) is 0 Å². The number of hydrogen-bond donors (Lipinski definition) is 1. The number of likely N-dealkylation sites (tertiary alicyclic amines) is 1. The molecule has 1 saturated heterocycles. The van der Waals surface area contributed by atoms with Gasteiger partial charge in [0.25, 0.3) is 0 Å². The van der Waals surface area contributed by atoms with Gasteiger partial charge in [0.2, 0.25) is 5.91 Å². The summed E-state index contributed by atoms with van der Waals surface area (Å²) < 4.78 is 0. The van der Waals surface area contributed by atoms with Crippen molar-refractivity contribution < 1.29 is 4.79 Å². The molecule has 2 fully saturated rings. The minimum absolute atomic E-state index is 0.0898. The van der Waals surface area contributed by atoms with E-state index < -0.39 is 0 Å². The van der Waals surface area contributed by atoms with Crippen LogP contribution in [0.3, 0.4) is 0 Å². The molecule has 1 amide bonds. The molecule has 0 aromatic heterocycles. The Labute approximate surface area is 111 Å². The summed E-state index contributed by atoms with van der Waals surface area (Å²) in [6, 6.07) is 0.448. The third-order valence-corrected chi connectivity index (χ3v) is 4.95. The Kier molecular flexibility index (Phi) is 4.66. The summed E-state index contributed by atoms with van der Waals surface area (Å²) in [5, 5.41) is 3.45. The maximum Gasteiger partial charge on any atom is 0.224 e. The van der Waals surface area contributed by atoms with Gasteiger partial charge in [-0.3, -0.25) is 4.79 Å². The predicted octanol–water partition coefficient (Wildman–Crippen LogP) is 2.70. The van der Waals surface area contributed by atoms with Gasteiger partial charge in [0.1, 0.15) is 0 Å². The van der Waals surface area contributed by atoms with Crippen molar-refractivity contribution >= 4 is 5.91 Å². The van der Waals surface area contributed by atoms with E-state index in [4.69, 9.17) is 0 Å². The molecule has 1 saturated carbocycles. The molecule has 2 aliphatic rings. The van der Waals surface area contributed by atoms with Gasteiger partial charge in [-0.25, -0.2) is 0 Å². The number of carbonyl (C=O) groups is 1. The van der Waals surface area contributed by atoms with Crippen molar-refractivity contribution in [1.82, 2.24) is 10.2 Å². The molecule has 2 rings (SSSR count). The molecule has 0 aromatic carbocycles. The fourth-order valence-electron chi connectivity index (χ4n) is 3.60. The molecule has 1 unspecified atom stereocenters. The van der Waals surface area contributed by atoms with Crippen molar-refractivity contribution in [3.63, 3.8) is 0 Å². The first-order valence-corrected chi connectivity index (χ1v) is 7.65. The van der Waals surface area contributed by atoms with Gasteiger partial charge in [-0.2, -0.15) is 0 Å². The number of nitrogens with one attached hydrogen (secondary N) is 1. The quantitative estimate of drug-likeness (QED) is 0.837. The van der Waals surface area contributed by atoms with E-state index in [1.54, 1.807) is 0 Å². The van der Waals surface area contributed by atoms with E-state index in [2.05, 4.69) is 17.1 Å². The van der Waals surface area contributed by atoms with Crippen molar-refractivity contribution in [3.8, 4) is 0 Å². The van der Waals surface area contributed by atoms with Gasteiger partial charge in [0.05, 0.1) is 0 Å². The molecule has 1 aliphatic carbocycles. The van der Waals surface area contributed by atoms with Crippen LogP contribution in [-0.4, -0.2) is 36.0 Å². The fourth-order valence-corrected chi connectivity index (χ4v) is 3.60. The normalized spacial score (nSPS) is 28.1. The van der Waals surface area contributed by atoms with E-state index in [1.165, 1.54) is 38.5 Å². The van der Waals surface area contributed by atoms with E-state index >= 15 is 0 Å². The van der Waals surface area contributed by atoms with Gasteiger partial charge in [0.15, 0.2) is 0 Å². The second-order valence-electron chi connectivity index (χ2n) is 6.20. The van der Waals surface area contributed by atoms with Crippen molar-refractivity contribution in [3.05, 3.63) is 0 Å². The molecular weight excluding hydrogens is 224 g/mol. The maximum atomic E-state index is 12.5. The Morgan fingerprint density at radius 1 is 1.22 bits per heavy atom. The van der Waals surface area contributed by atoms with Crippen molar-refractivity contribution in [2.24, 2.45) is 0 Å². The first kappa shape index (κ1) is 13.9. The molecule has 3 heteroatoms. The molecule has 1 N–H and O–H groups in total. The van der Waals surface area contributed by atoms with Crippen molar-refractivity contribution in [2.45, 2.75) is 76.3 Å². The van der Waals surface area contributed by atoms with Crippen LogP contribution in [0.15, 0.2) is 0 Å². The largest absolute Gasteiger partial charge is 0.340 e. The van der Waals surface area contributed by atoms with Crippen LogP contribution in [0, 0.1) is 0 Å². The average Bonchev–Trinajstić information content (AvgIpc) is 2.40. The third kappa shape index (κ3) is 3.05. The summed E-state index contributed by atoms with van der Waals surface area (Å²) in [6.07, 6.45) is 10.5. The Morgan fingerprint density at radius 2 is 1.94 bits per heavy atom. The van der Waals surface area contributed by atoms with E-state index in [0.717, 1.165) is 19.4 Å². The summed E-state index contributed by atoms with van der Waals surface area (Å²) in [4.78, 5) is 14.6. The van der Waals surface area contributed by atoms with E-state index in [0.29, 0.717) is 18.4 Å². The fraction of sp³-hybridized carbons (Fsp3) is 0.933. The number of rotatable bonds is 3. The summed E-state index contributed by atoms with van der Waals surface area (Å²) in [5.41, 5.74) is 0.0898. The van der Waals surface area contributed by atoms with E-state index in [-0.39, 0.29) is 5.54 Å². The molecule has 0 radical (unpaired) electrons. The summed E-state index contributed by atoms with van der Waals surface area (Å²) >= 11 is 0. The van der Waals surface area contributed by atoms with Gasteiger partial charge in [-0.15, -0.1) is 0 Å². The minimum atomic E-state index is 0.0898. The highest BCUT2D eigenvalue weighted by Gasteiger charge is 2.35. The lowest BCUT2D eigenvalue weighted by atomic mass is 9.79. The molecule has 0 aromatic rings. The molecule has 18 heavy (non-hydrogen) atoms. The highest BCUT2D eigenvalue weighted by atomic mass is 16.2. The standard InChI is InChI=1S/C15H28N2O/c1-13-8-4-7-11-17(13)14(18)12-15(16-2)9-5-3-6-10-15/h13,16H,3-12H2,1-2H3. The molecule has 3 nitrogen and oxygen atoms in total. The van der Waals surface area contributed by atoms with Gasteiger partial charge in [0, 0.05) is 24.5 Å². The van der Waals surface area contributed by atoms with Gasteiger partial charge in [-0.1, -0.05) is 19.3 Å². The lowest BCUT2D eigenvalue weighted by Crippen LogP contribution is -2.51. The number of hydrogen-bond acceptors (Lipinski definition) is 2. The summed E-state index contributed by atoms with van der Waals surface area (Å²) in [7, 11) is 2.03. The van der Waals surface area contributed by atoms with E-state index in [9.17, 15) is 4.79 Å². The van der Waals surface area contributed by atoms with Crippen LogP contribution >= 0.6 is 0 Å². The third-order valence-electron chi connectivity index (χ3n) is 4.95. The minimum Gasteiger partial charge on any atom is -0.340 e. The highest BCUT2D eigenvalue weighted by molar-refractivity contribution is 5.78. The predicted molar refractivity (Wildman–Crippen MR) is 74.5 cm³/mol. The first-order valence-electron chi connectivity index (χ1n) is 7.65. The van der Waals surface area contributed by atoms with Crippen LogP contribution in [0.5, 0.6) is 0 Å². The van der Waals surface area contributed by atoms with Crippen LogP contribution in [0.4, 0.5) is 0 Å². The second kappa shape index (κ2) is 6.05. The lowest BCUT2D eigenvalue weighted by Gasteiger charge is -2.40. The maximum absolute atomic E-state index is 12.5. The number of amides is 1. The number of carbonyl (C=O) groups excluding carboxylic acids is 1. The topological polar surface area (TPSA) is 32.3 Å². The molecular formula is C15H28N2O. The highest BCUT2D eigenvalue weighted by Crippen LogP contribution is 2.32. The SMILES string of the molecule is CNC1(CC(=O)N2CCCCC2C)CCCCC1. The Morgan fingerprint density at radius 3 is 2.56 bits per heavy atom. The van der Waals surface area contributed by atoms with Crippen LogP contribution < -0.4 is 5.32 Å². The van der Waals surface area contributed by atoms with Crippen molar-refractivity contribution in [1.29, 1.82) is 0 Å². The smallest absolute Gasteiger partial charge is 0.224 e. The van der Waals surface area contributed by atoms with Gasteiger partial charge < -0.3 is 10.2 Å². The zero-order valence-electron chi connectivity index (χ0n) is 12.0. The molecule has 0 bridgehead atoms. The Bertz CT molecular complexity index is 284. The monoisotopic (exact) mass is 252 g/mol. The van der Waals surface area contributed by atoms with Crippen LogP contribution in [0.25, 0.3) is 0 Å².